The summed E-state index contributed by atoms with van der Waals surface area (Å²) in [5.41, 5.74) is 1.52. The van der Waals surface area contributed by atoms with Crippen LogP contribution in [0, 0.1) is 18.8 Å². The van der Waals surface area contributed by atoms with E-state index in [9.17, 15) is 14.4 Å². The summed E-state index contributed by atoms with van der Waals surface area (Å²) >= 11 is 1.32. The molecule has 0 aliphatic carbocycles. The third kappa shape index (κ3) is 4.42. The van der Waals surface area contributed by atoms with E-state index in [0.717, 1.165) is 22.3 Å². The van der Waals surface area contributed by atoms with E-state index >= 15 is 0 Å². The summed E-state index contributed by atoms with van der Waals surface area (Å²) in [5.74, 6) is 7.02. The molecule has 0 N–H and O–H groups in total. The van der Waals surface area contributed by atoms with Gasteiger partial charge in [0.1, 0.15) is 16.2 Å². The Morgan fingerprint density at radius 2 is 1.89 bits per heavy atom. The molecule has 0 aliphatic heterocycles. The molecule has 0 atom stereocenters. The Balaban J connectivity index is 1.48. The highest BCUT2D eigenvalue weighted by Gasteiger charge is 2.14. The Morgan fingerprint density at radius 1 is 1.03 bits per heavy atom. The van der Waals surface area contributed by atoms with E-state index in [2.05, 4.69) is 11.8 Å². The van der Waals surface area contributed by atoms with Crippen molar-refractivity contribution in [1.29, 1.82) is 0 Å². The van der Waals surface area contributed by atoms with E-state index in [1.807, 2.05) is 24.3 Å². The van der Waals surface area contributed by atoms with Crippen LogP contribution in [0.25, 0.3) is 15.8 Å². The highest BCUT2D eigenvalue weighted by Crippen LogP contribution is 2.19. The number of methoxy groups -OCH3 is 1. The number of rotatable bonds is 4. The fourth-order valence-electron chi connectivity index (χ4n) is 3.88. The molecule has 0 saturated heterocycles. The van der Waals surface area contributed by atoms with Crippen molar-refractivity contribution in [2.75, 3.05) is 7.11 Å². The number of aromatic nitrogens is 2. The molecule has 5 rings (SSSR count). The number of fused-ring (bicyclic) bond motifs is 2. The molecule has 7 nitrogen and oxygen atoms in total. The summed E-state index contributed by atoms with van der Waals surface area (Å²) in [6.07, 6.45) is 2.22. The Hall–Kier alpha value is -4.35. The predicted molar refractivity (Wildman–Crippen MR) is 136 cm³/mol. The van der Waals surface area contributed by atoms with Crippen LogP contribution < -0.4 is 21.6 Å². The SMILES string of the molecule is COc1cccc(CC#Cc2cn3c(=O)n(Cc4ccc5oc(=O)ccc5c4)c(=O)c(C)c3s2)c1. The van der Waals surface area contributed by atoms with Gasteiger partial charge in [0.25, 0.3) is 5.56 Å². The molecule has 3 heterocycles. The topological polar surface area (TPSA) is 82.9 Å². The second-order valence-corrected chi connectivity index (χ2v) is 9.06. The zero-order valence-electron chi connectivity index (χ0n) is 19.0. The molecule has 5 aromatic rings. The highest BCUT2D eigenvalue weighted by atomic mass is 32.1. The number of nitrogens with zero attached hydrogens (tertiary/aromatic N) is 2. The van der Waals surface area contributed by atoms with Crippen LogP contribution in [-0.4, -0.2) is 16.1 Å². The van der Waals surface area contributed by atoms with Crippen molar-refractivity contribution < 1.29 is 9.15 Å². The van der Waals surface area contributed by atoms with E-state index < -0.39 is 11.3 Å². The predicted octanol–water partition coefficient (Wildman–Crippen LogP) is 3.59. The molecule has 2 aromatic carbocycles. The average molecular weight is 485 g/mol. The molecule has 0 spiro atoms. The second kappa shape index (κ2) is 9.12. The van der Waals surface area contributed by atoms with Crippen LogP contribution in [0.1, 0.15) is 21.6 Å². The van der Waals surface area contributed by atoms with Crippen LogP contribution in [0.5, 0.6) is 5.75 Å². The Morgan fingerprint density at radius 3 is 2.71 bits per heavy atom. The molecule has 174 valence electrons. The molecular weight excluding hydrogens is 464 g/mol. The lowest BCUT2D eigenvalue weighted by atomic mass is 10.1. The van der Waals surface area contributed by atoms with Crippen LogP contribution in [0.4, 0.5) is 0 Å². The summed E-state index contributed by atoms with van der Waals surface area (Å²) in [6, 6.07) is 15.9. The molecule has 0 radical (unpaired) electrons. The number of ether oxygens (including phenoxy) is 1. The van der Waals surface area contributed by atoms with Gasteiger partial charge in [0.05, 0.1) is 18.5 Å². The number of benzene rings is 2. The first kappa shape index (κ1) is 22.4. The Labute approximate surface area is 203 Å². The molecule has 0 amide bonds. The van der Waals surface area contributed by atoms with E-state index in [-0.39, 0.29) is 12.1 Å². The molecular formula is C27H20N2O5S. The van der Waals surface area contributed by atoms with Crippen LogP contribution in [0.2, 0.25) is 0 Å². The van der Waals surface area contributed by atoms with Crippen molar-refractivity contribution in [3.05, 3.63) is 114 Å². The zero-order chi connectivity index (χ0) is 24.5. The maximum atomic E-state index is 13.2. The lowest BCUT2D eigenvalue weighted by Crippen LogP contribution is -2.38. The van der Waals surface area contributed by atoms with Gasteiger partial charge in [0.15, 0.2) is 0 Å². The Bertz CT molecular complexity index is 1830. The first-order chi connectivity index (χ1) is 16.9. The van der Waals surface area contributed by atoms with Crippen molar-refractivity contribution in [2.45, 2.75) is 19.9 Å². The van der Waals surface area contributed by atoms with Crippen LogP contribution in [-0.2, 0) is 13.0 Å². The maximum absolute atomic E-state index is 13.2. The van der Waals surface area contributed by atoms with Gasteiger partial charge in [-0.1, -0.05) is 30.0 Å². The minimum atomic E-state index is -0.430. The minimum Gasteiger partial charge on any atom is -0.497 e. The van der Waals surface area contributed by atoms with Crippen molar-refractivity contribution >= 4 is 27.1 Å². The standard InChI is InChI=1S/C27H20N2O5S/c1-17-25(31)28(15-19-9-11-23-20(13-19)10-12-24(30)34-23)27(32)29-16-22(35-26(17)29)8-4-6-18-5-3-7-21(14-18)33-2/h3,5,7,9-14,16H,6,15H2,1-2H3. The fraction of sp³-hybridized carbons (Fsp3) is 0.148. The van der Waals surface area contributed by atoms with Gasteiger partial charge in [-0.05, 0) is 48.4 Å². The van der Waals surface area contributed by atoms with Gasteiger partial charge in [-0.15, -0.1) is 11.3 Å². The van der Waals surface area contributed by atoms with E-state index in [4.69, 9.17) is 9.15 Å². The zero-order valence-corrected chi connectivity index (χ0v) is 19.8. The molecule has 3 aromatic heterocycles. The molecule has 0 fully saturated rings. The average Bonchev–Trinajstić information content (AvgIpc) is 3.30. The second-order valence-electron chi connectivity index (χ2n) is 8.03. The van der Waals surface area contributed by atoms with Gasteiger partial charge in [-0.25, -0.2) is 9.59 Å². The molecule has 0 unspecified atom stereocenters. The lowest BCUT2D eigenvalue weighted by molar-refractivity contribution is 0.414. The molecule has 0 aliphatic rings. The third-order valence-electron chi connectivity index (χ3n) is 5.66. The van der Waals surface area contributed by atoms with Gasteiger partial charge in [0, 0.05) is 29.6 Å². The fourth-order valence-corrected chi connectivity index (χ4v) is 4.84. The van der Waals surface area contributed by atoms with Crippen molar-refractivity contribution in [2.24, 2.45) is 0 Å². The number of thiazole rings is 1. The van der Waals surface area contributed by atoms with Crippen molar-refractivity contribution in [3.8, 4) is 17.6 Å². The monoisotopic (exact) mass is 484 g/mol. The van der Waals surface area contributed by atoms with E-state index in [1.165, 1.54) is 26.4 Å². The highest BCUT2D eigenvalue weighted by molar-refractivity contribution is 7.18. The smallest absolute Gasteiger partial charge is 0.336 e. The summed E-state index contributed by atoms with van der Waals surface area (Å²) in [6.45, 7) is 1.82. The first-order valence-electron chi connectivity index (χ1n) is 10.8. The lowest BCUT2D eigenvalue weighted by Gasteiger charge is -2.08. The molecule has 0 saturated carbocycles. The third-order valence-corrected chi connectivity index (χ3v) is 6.78. The quantitative estimate of drug-likeness (QED) is 0.288. The largest absolute Gasteiger partial charge is 0.497 e. The first-order valence-corrected chi connectivity index (χ1v) is 11.6. The number of hydrogen-bond acceptors (Lipinski definition) is 6. The van der Waals surface area contributed by atoms with Crippen LogP contribution >= 0.6 is 11.3 Å². The van der Waals surface area contributed by atoms with Crippen molar-refractivity contribution in [3.63, 3.8) is 0 Å². The van der Waals surface area contributed by atoms with E-state index in [0.29, 0.717) is 27.3 Å². The maximum Gasteiger partial charge on any atom is 0.336 e. The molecule has 8 heteroatoms. The van der Waals surface area contributed by atoms with Crippen molar-refractivity contribution in [1.82, 2.24) is 8.97 Å². The van der Waals surface area contributed by atoms with Gasteiger partial charge >= 0.3 is 11.3 Å². The summed E-state index contributed by atoms with van der Waals surface area (Å²) in [4.78, 5) is 38.9. The van der Waals surface area contributed by atoms with Gasteiger partial charge < -0.3 is 9.15 Å². The summed E-state index contributed by atoms with van der Waals surface area (Å²) in [7, 11) is 1.62. The number of aryl methyl sites for hydroxylation is 1. The number of hydrogen-bond donors (Lipinski definition) is 0. The Kier molecular flexibility index (Phi) is 5.85. The summed E-state index contributed by atoms with van der Waals surface area (Å²) < 4.78 is 13.1. The van der Waals surface area contributed by atoms with Gasteiger partial charge in [-0.3, -0.25) is 13.8 Å². The normalized spacial score (nSPS) is 10.9. The van der Waals surface area contributed by atoms with Crippen LogP contribution in [0.3, 0.4) is 0 Å². The summed E-state index contributed by atoms with van der Waals surface area (Å²) in [5, 5.41) is 0.720. The minimum absolute atomic E-state index is 0.100. The molecule has 35 heavy (non-hydrogen) atoms. The van der Waals surface area contributed by atoms with E-state index in [1.54, 1.807) is 44.5 Å². The molecule has 0 bridgehead atoms. The van der Waals surface area contributed by atoms with Gasteiger partial charge in [0.2, 0.25) is 0 Å². The van der Waals surface area contributed by atoms with Gasteiger partial charge in [-0.2, -0.15) is 0 Å². The van der Waals surface area contributed by atoms with Crippen LogP contribution in [0.15, 0.2) is 79.6 Å².